The van der Waals surface area contributed by atoms with Crippen molar-refractivity contribution in [1.82, 2.24) is 5.32 Å². The van der Waals surface area contributed by atoms with Crippen LogP contribution in [0, 0.1) is 0 Å². The van der Waals surface area contributed by atoms with E-state index >= 15 is 0 Å². The Balaban J connectivity index is 1.42. The number of phenolic OH excluding ortho intramolecular Hbond substituents is 1. The molecule has 0 saturated carbocycles. The molecule has 0 spiro atoms. The third-order valence-corrected chi connectivity index (χ3v) is 5.81. The molecule has 0 aliphatic heterocycles. The first-order valence-corrected chi connectivity index (χ1v) is 10.7. The second-order valence-corrected chi connectivity index (χ2v) is 8.56. The number of alkyl carbamates (subject to hydrolysis) is 1. The molecule has 0 saturated heterocycles. The van der Waals surface area contributed by atoms with Crippen molar-refractivity contribution in [2.75, 3.05) is 11.9 Å². The van der Waals surface area contributed by atoms with Gasteiger partial charge in [-0.05, 0) is 54.3 Å². The Morgan fingerprint density at radius 1 is 0.941 bits per heavy atom. The lowest BCUT2D eigenvalue weighted by atomic mass is 9.98. The van der Waals surface area contributed by atoms with Crippen LogP contribution in [-0.4, -0.2) is 40.3 Å². The minimum atomic E-state index is -1.41. The van der Waals surface area contributed by atoms with Crippen molar-refractivity contribution in [2.45, 2.75) is 25.3 Å². The van der Waals surface area contributed by atoms with Crippen LogP contribution >= 0.6 is 0 Å². The van der Waals surface area contributed by atoms with Crippen LogP contribution in [0.4, 0.5) is 10.5 Å². The van der Waals surface area contributed by atoms with E-state index in [9.17, 15) is 24.6 Å². The van der Waals surface area contributed by atoms with Crippen molar-refractivity contribution < 1.29 is 29.3 Å². The summed E-state index contributed by atoms with van der Waals surface area (Å²) in [5, 5.41) is 23.9. The number of nitrogens with one attached hydrogen (secondary N) is 2. The van der Waals surface area contributed by atoms with Crippen LogP contribution in [0.3, 0.4) is 0 Å². The number of hydrogen-bond donors (Lipinski definition) is 4. The second-order valence-electron chi connectivity index (χ2n) is 8.56. The molecule has 0 radical (unpaired) electrons. The highest BCUT2D eigenvalue weighted by Crippen LogP contribution is 2.44. The molecule has 4 N–H and O–H groups in total. The number of amides is 2. The third-order valence-electron chi connectivity index (χ3n) is 5.81. The van der Waals surface area contributed by atoms with Crippen molar-refractivity contribution in [3.05, 3.63) is 83.4 Å². The summed E-state index contributed by atoms with van der Waals surface area (Å²) in [6.45, 7) is 3.05. The normalized spacial score (nSPS) is 12.4. The zero-order valence-electron chi connectivity index (χ0n) is 18.7. The maximum Gasteiger partial charge on any atom is 0.408 e. The van der Waals surface area contributed by atoms with E-state index in [0.29, 0.717) is 0 Å². The lowest BCUT2D eigenvalue weighted by Crippen LogP contribution is -2.52. The number of fused-ring (bicyclic) bond motifs is 3. The highest BCUT2D eigenvalue weighted by atomic mass is 16.5. The molecule has 2 amide bonds. The van der Waals surface area contributed by atoms with E-state index in [2.05, 4.69) is 10.6 Å². The largest absolute Gasteiger partial charge is 0.508 e. The van der Waals surface area contributed by atoms with Crippen molar-refractivity contribution >= 4 is 23.7 Å². The van der Waals surface area contributed by atoms with Gasteiger partial charge in [-0.25, -0.2) is 9.59 Å². The zero-order chi connectivity index (χ0) is 24.5. The number of ether oxygens (including phenoxy) is 1. The van der Waals surface area contributed by atoms with E-state index in [1.165, 1.54) is 26.0 Å². The smallest absolute Gasteiger partial charge is 0.408 e. The average Bonchev–Trinajstić information content (AvgIpc) is 3.12. The van der Waals surface area contributed by atoms with Crippen molar-refractivity contribution in [3.8, 4) is 16.9 Å². The summed E-state index contributed by atoms with van der Waals surface area (Å²) in [6.07, 6.45) is -0.772. The van der Waals surface area contributed by atoms with E-state index in [1.807, 2.05) is 48.5 Å². The molecule has 0 atom stereocenters. The molecule has 1 aliphatic carbocycles. The SMILES string of the molecule is CC(C)(NC(=O)OCC1c2ccccc2-c2ccccc21)C(=O)Nc1ccc(O)cc1C(=O)O. The average molecular weight is 460 g/mol. The predicted molar refractivity (Wildman–Crippen MR) is 126 cm³/mol. The molecular weight excluding hydrogens is 436 g/mol. The standard InChI is InChI=1S/C26H24N2O6/c1-26(2,24(32)27-22-12-11-15(29)13-20(22)23(30)31)28-25(33)34-14-21-18-9-5-3-7-16(18)17-8-4-6-10-19(17)21/h3-13,21,29H,14H2,1-2H3,(H,27,32)(H,28,33)(H,30,31). The van der Waals surface area contributed by atoms with Crippen LogP contribution in [0.5, 0.6) is 5.75 Å². The summed E-state index contributed by atoms with van der Waals surface area (Å²) in [4.78, 5) is 36.8. The maximum absolute atomic E-state index is 12.8. The first-order chi connectivity index (χ1) is 16.2. The predicted octanol–water partition coefficient (Wildman–Crippen LogP) is 4.35. The minimum Gasteiger partial charge on any atom is -0.508 e. The Hall–Kier alpha value is -4.33. The van der Waals surface area contributed by atoms with Crippen LogP contribution in [0.15, 0.2) is 66.7 Å². The third kappa shape index (κ3) is 4.43. The van der Waals surface area contributed by atoms with E-state index in [0.717, 1.165) is 28.3 Å². The number of carboxylic acids is 1. The molecule has 174 valence electrons. The molecule has 0 unspecified atom stereocenters. The van der Waals surface area contributed by atoms with E-state index in [1.54, 1.807) is 0 Å². The number of rotatable bonds is 6. The highest BCUT2D eigenvalue weighted by molar-refractivity contribution is 6.04. The molecule has 0 heterocycles. The zero-order valence-corrected chi connectivity index (χ0v) is 18.7. The van der Waals surface area contributed by atoms with E-state index in [4.69, 9.17) is 4.74 Å². The molecule has 3 aromatic rings. The fourth-order valence-electron chi connectivity index (χ4n) is 4.04. The van der Waals surface area contributed by atoms with Crippen LogP contribution in [0.2, 0.25) is 0 Å². The van der Waals surface area contributed by atoms with E-state index < -0.39 is 23.5 Å². The van der Waals surface area contributed by atoms with Gasteiger partial charge in [0.25, 0.3) is 0 Å². The fraction of sp³-hybridized carbons (Fsp3) is 0.192. The van der Waals surface area contributed by atoms with Crippen molar-refractivity contribution in [1.29, 1.82) is 0 Å². The number of aromatic carboxylic acids is 1. The number of benzene rings is 3. The Bertz CT molecular complexity index is 1240. The highest BCUT2D eigenvalue weighted by Gasteiger charge is 2.33. The minimum absolute atomic E-state index is 0.00212. The molecule has 0 fully saturated rings. The fourth-order valence-corrected chi connectivity index (χ4v) is 4.04. The van der Waals surface area contributed by atoms with Gasteiger partial charge in [0.05, 0.1) is 11.3 Å². The van der Waals surface area contributed by atoms with Gasteiger partial charge in [-0.1, -0.05) is 48.5 Å². The number of carbonyl (C=O) groups excluding carboxylic acids is 2. The van der Waals surface area contributed by atoms with Gasteiger partial charge < -0.3 is 25.6 Å². The first kappa shape index (κ1) is 22.8. The van der Waals surface area contributed by atoms with Crippen LogP contribution in [-0.2, 0) is 9.53 Å². The lowest BCUT2D eigenvalue weighted by molar-refractivity contribution is -0.121. The van der Waals surface area contributed by atoms with Gasteiger partial charge in [-0.2, -0.15) is 0 Å². The van der Waals surface area contributed by atoms with Crippen molar-refractivity contribution in [2.24, 2.45) is 0 Å². The first-order valence-electron chi connectivity index (χ1n) is 10.7. The number of anilines is 1. The summed E-state index contributed by atoms with van der Waals surface area (Å²) in [7, 11) is 0. The molecule has 8 nitrogen and oxygen atoms in total. The van der Waals surface area contributed by atoms with Gasteiger partial charge in [0.2, 0.25) is 5.91 Å². The van der Waals surface area contributed by atoms with Crippen LogP contribution < -0.4 is 10.6 Å². The Morgan fingerprint density at radius 2 is 1.53 bits per heavy atom. The molecule has 0 aromatic heterocycles. The second kappa shape index (κ2) is 8.90. The summed E-state index contributed by atoms with van der Waals surface area (Å²) in [5.41, 5.74) is 2.67. The molecule has 1 aliphatic rings. The van der Waals surface area contributed by atoms with Gasteiger partial charge in [0, 0.05) is 5.92 Å². The quantitative estimate of drug-likeness (QED) is 0.406. The molecule has 4 rings (SSSR count). The van der Waals surface area contributed by atoms with Crippen LogP contribution in [0.1, 0.15) is 41.3 Å². The van der Waals surface area contributed by atoms with Gasteiger partial charge in [0.1, 0.15) is 17.9 Å². The lowest BCUT2D eigenvalue weighted by Gasteiger charge is -2.25. The summed E-state index contributed by atoms with van der Waals surface area (Å²) in [5.74, 6) is -2.32. The number of carbonyl (C=O) groups is 3. The van der Waals surface area contributed by atoms with Gasteiger partial charge in [-0.3, -0.25) is 4.79 Å². The molecule has 34 heavy (non-hydrogen) atoms. The Labute approximate surface area is 196 Å². The molecule has 8 heteroatoms. The number of phenols is 1. The van der Waals surface area contributed by atoms with Gasteiger partial charge in [0.15, 0.2) is 0 Å². The van der Waals surface area contributed by atoms with Gasteiger partial charge in [-0.15, -0.1) is 0 Å². The monoisotopic (exact) mass is 460 g/mol. The molecule has 0 bridgehead atoms. The summed E-state index contributed by atoms with van der Waals surface area (Å²) >= 11 is 0. The Morgan fingerprint density at radius 3 is 2.12 bits per heavy atom. The number of carboxylic acid groups (broad SMARTS) is 1. The number of hydrogen-bond acceptors (Lipinski definition) is 5. The van der Waals surface area contributed by atoms with E-state index in [-0.39, 0.29) is 29.5 Å². The molecular formula is C26H24N2O6. The topological polar surface area (TPSA) is 125 Å². The maximum atomic E-state index is 12.8. The number of aromatic hydroxyl groups is 1. The Kier molecular flexibility index (Phi) is 5.98. The summed E-state index contributed by atoms with van der Waals surface area (Å²) in [6, 6.07) is 19.5. The van der Waals surface area contributed by atoms with Gasteiger partial charge >= 0.3 is 12.1 Å². The van der Waals surface area contributed by atoms with Crippen LogP contribution in [0.25, 0.3) is 11.1 Å². The summed E-state index contributed by atoms with van der Waals surface area (Å²) < 4.78 is 5.50. The van der Waals surface area contributed by atoms with Crippen molar-refractivity contribution in [3.63, 3.8) is 0 Å². The molecule has 3 aromatic carbocycles.